The first-order valence-corrected chi connectivity index (χ1v) is 9.36. The number of carbonyl (C=O) groups excluding carboxylic acids is 1. The topological polar surface area (TPSA) is 72.7 Å². The molecule has 3 rings (SSSR count). The van der Waals surface area contributed by atoms with Crippen molar-refractivity contribution >= 4 is 40.5 Å². The van der Waals surface area contributed by atoms with Crippen LogP contribution in [0.2, 0.25) is 10.0 Å². The van der Waals surface area contributed by atoms with Crippen molar-refractivity contribution < 1.29 is 14.5 Å². The Balaban J connectivity index is 1.76. The fourth-order valence-electron chi connectivity index (χ4n) is 3.06. The monoisotopic (exact) mass is 408 g/mol. The van der Waals surface area contributed by atoms with Gasteiger partial charge in [-0.3, -0.25) is 10.1 Å². The first-order chi connectivity index (χ1) is 13.0. The van der Waals surface area contributed by atoms with Gasteiger partial charge < -0.3 is 9.64 Å². The fourth-order valence-corrected chi connectivity index (χ4v) is 3.53. The first-order valence-electron chi connectivity index (χ1n) is 8.60. The third-order valence-electron chi connectivity index (χ3n) is 4.48. The van der Waals surface area contributed by atoms with E-state index >= 15 is 0 Å². The lowest BCUT2D eigenvalue weighted by molar-refractivity contribution is -0.384. The molecule has 8 heteroatoms. The Kier molecular flexibility index (Phi) is 6.19. The van der Waals surface area contributed by atoms with E-state index in [9.17, 15) is 14.9 Å². The summed E-state index contributed by atoms with van der Waals surface area (Å²) >= 11 is 11.9. The molecule has 0 unspecified atom stereocenters. The van der Waals surface area contributed by atoms with E-state index in [1.54, 1.807) is 30.3 Å². The van der Waals surface area contributed by atoms with Gasteiger partial charge in [-0.1, -0.05) is 29.3 Å². The molecule has 0 spiro atoms. The van der Waals surface area contributed by atoms with Crippen LogP contribution in [0.3, 0.4) is 0 Å². The zero-order valence-corrected chi connectivity index (χ0v) is 16.0. The number of benzene rings is 2. The van der Waals surface area contributed by atoms with Crippen molar-refractivity contribution in [2.24, 2.45) is 0 Å². The molecule has 0 atom stereocenters. The molecule has 1 saturated heterocycles. The number of ether oxygens (including phenoxy) is 1. The quantitative estimate of drug-likeness (QED) is 0.383. The third-order valence-corrected chi connectivity index (χ3v) is 5.07. The number of nitrogens with zero attached hydrogens (tertiary/aromatic N) is 2. The van der Waals surface area contributed by atoms with E-state index in [1.165, 1.54) is 6.07 Å². The van der Waals surface area contributed by atoms with Crippen molar-refractivity contribution in [3.05, 3.63) is 67.7 Å². The van der Waals surface area contributed by atoms with E-state index in [2.05, 4.69) is 0 Å². The van der Waals surface area contributed by atoms with Crippen LogP contribution in [-0.4, -0.2) is 24.0 Å². The highest BCUT2D eigenvalue weighted by molar-refractivity contribution is 6.35. The van der Waals surface area contributed by atoms with Crippen LogP contribution in [0.4, 0.5) is 11.4 Å². The van der Waals surface area contributed by atoms with Crippen LogP contribution in [0.5, 0.6) is 0 Å². The van der Waals surface area contributed by atoms with Crippen LogP contribution in [0.1, 0.15) is 35.2 Å². The number of nitro benzene ring substituents is 1. The number of carbonyl (C=O) groups is 1. The zero-order valence-electron chi connectivity index (χ0n) is 14.5. The Morgan fingerprint density at radius 2 is 1.85 bits per heavy atom. The smallest absolute Gasteiger partial charge is 0.338 e. The van der Waals surface area contributed by atoms with Crippen LogP contribution in [-0.2, 0) is 11.3 Å². The van der Waals surface area contributed by atoms with Gasteiger partial charge >= 0.3 is 5.97 Å². The van der Waals surface area contributed by atoms with Crippen LogP contribution >= 0.6 is 23.2 Å². The minimum Gasteiger partial charge on any atom is -0.457 e. The highest BCUT2D eigenvalue weighted by atomic mass is 35.5. The van der Waals surface area contributed by atoms with Gasteiger partial charge in [0.05, 0.1) is 10.5 Å². The Morgan fingerprint density at radius 3 is 2.52 bits per heavy atom. The SMILES string of the molecule is O=C(OCc1ccc(Cl)cc1Cl)c1ccc(N2CCCCC2)c([N+](=O)[O-])c1. The normalized spacial score (nSPS) is 14.1. The number of nitro groups is 1. The van der Waals surface area contributed by atoms with Gasteiger partial charge in [0.2, 0.25) is 0 Å². The summed E-state index contributed by atoms with van der Waals surface area (Å²) in [4.78, 5) is 25.4. The number of esters is 1. The molecule has 142 valence electrons. The Morgan fingerprint density at radius 1 is 1.11 bits per heavy atom. The third kappa shape index (κ3) is 4.70. The van der Waals surface area contributed by atoms with E-state index in [0.717, 1.165) is 32.4 Å². The average molecular weight is 409 g/mol. The molecular formula is C19H18Cl2N2O4. The summed E-state index contributed by atoms with van der Waals surface area (Å²) in [7, 11) is 0. The molecule has 0 bridgehead atoms. The van der Waals surface area contributed by atoms with Crippen molar-refractivity contribution in [1.82, 2.24) is 0 Å². The van der Waals surface area contributed by atoms with Gasteiger partial charge in [-0.05, 0) is 43.5 Å². The standard InChI is InChI=1S/C19H18Cl2N2O4/c20-15-6-4-14(16(21)11-15)12-27-19(24)13-5-7-17(18(10-13)23(25)26)22-8-2-1-3-9-22/h4-7,10-11H,1-3,8-9,12H2. The van der Waals surface area contributed by atoms with Gasteiger partial charge in [0.25, 0.3) is 5.69 Å². The number of hydrogen-bond acceptors (Lipinski definition) is 5. The zero-order chi connectivity index (χ0) is 19.4. The largest absolute Gasteiger partial charge is 0.457 e. The Hall–Kier alpha value is -2.31. The fraction of sp³-hybridized carbons (Fsp3) is 0.316. The van der Waals surface area contributed by atoms with E-state index in [4.69, 9.17) is 27.9 Å². The molecular weight excluding hydrogens is 391 g/mol. The first kappa shape index (κ1) is 19.5. The van der Waals surface area contributed by atoms with Gasteiger partial charge in [-0.25, -0.2) is 4.79 Å². The van der Waals surface area contributed by atoms with Crippen molar-refractivity contribution in [3.8, 4) is 0 Å². The van der Waals surface area contributed by atoms with Crippen LogP contribution in [0, 0.1) is 10.1 Å². The van der Waals surface area contributed by atoms with E-state index in [1.807, 2.05) is 4.90 Å². The summed E-state index contributed by atoms with van der Waals surface area (Å²) in [6.45, 7) is 1.51. The maximum atomic E-state index is 12.3. The molecule has 1 aliphatic rings. The van der Waals surface area contributed by atoms with Gasteiger partial charge in [0, 0.05) is 34.8 Å². The number of rotatable bonds is 5. The molecule has 1 aliphatic heterocycles. The molecule has 6 nitrogen and oxygen atoms in total. The van der Waals surface area contributed by atoms with Crippen molar-refractivity contribution in [2.45, 2.75) is 25.9 Å². The molecule has 27 heavy (non-hydrogen) atoms. The lowest BCUT2D eigenvalue weighted by atomic mass is 10.1. The van der Waals surface area contributed by atoms with Gasteiger partial charge in [0.15, 0.2) is 0 Å². The maximum Gasteiger partial charge on any atom is 0.338 e. The van der Waals surface area contributed by atoms with Gasteiger partial charge in [-0.15, -0.1) is 0 Å². The second-order valence-corrected chi connectivity index (χ2v) is 7.16. The van der Waals surface area contributed by atoms with Gasteiger partial charge in [0.1, 0.15) is 12.3 Å². The van der Waals surface area contributed by atoms with Crippen LogP contribution < -0.4 is 4.90 Å². The molecule has 2 aromatic carbocycles. The molecule has 1 heterocycles. The summed E-state index contributed by atoms with van der Waals surface area (Å²) in [5.41, 5.74) is 1.19. The number of halogens is 2. The minimum atomic E-state index is -0.644. The van der Waals surface area contributed by atoms with E-state index in [-0.39, 0.29) is 17.9 Å². The Bertz CT molecular complexity index is 867. The molecule has 0 N–H and O–H groups in total. The number of piperidine rings is 1. The molecule has 2 aromatic rings. The summed E-state index contributed by atoms with van der Waals surface area (Å²) in [6.07, 6.45) is 3.13. The molecule has 1 fully saturated rings. The Labute approximate surface area is 166 Å². The average Bonchev–Trinajstić information content (AvgIpc) is 2.67. The van der Waals surface area contributed by atoms with Crippen molar-refractivity contribution in [2.75, 3.05) is 18.0 Å². The summed E-state index contributed by atoms with van der Waals surface area (Å²) in [6, 6.07) is 9.33. The summed E-state index contributed by atoms with van der Waals surface area (Å²) in [5, 5.41) is 12.4. The predicted molar refractivity (Wildman–Crippen MR) is 105 cm³/mol. The molecule has 0 aromatic heterocycles. The maximum absolute atomic E-state index is 12.3. The summed E-state index contributed by atoms with van der Waals surface area (Å²) in [5.74, 6) is -0.644. The second-order valence-electron chi connectivity index (χ2n) is 6.32. The van der Waals surface area contributed by atoms with Crippen molar-refractivity contribution in [1.29, 1.82) is 0 Å². The van der Waals surface area contributed by atoms with Crippen LogP contribution in [0.25, 0.3) is 0 Å². The lowest BCUT2D eigenvalue weighted by Gasteiger charge is -2.28. The van der Waals surface area contributed by atoms with E-state index in [0.29, 0.717) is 21.3 Å². The highest BCUT2D eigenvalue weighted by Crippen LogP contribution is 2.31. The van der Waals surface area contributed by atoms with Crippen molar-refractivity contribution in [3.63, 3.8) is 0 Å². The highest BCUT2D eigenvalue weighted by Gasteiger charge is 2.23. The molecule has 0 saturated carbocycles. The molecule has 0 amide bonds. The lowest BCUT2D eigenvalue weighted by Crippen LogP contribution is -2.30. The minimum absolute atomic E-state index is 0.0451. The predicted octanol–water partition coefficient (Wildman–Crippen LogP) is 5.25. The van der Waals surface area contributed by atoms with Crippen LogP contribution in [0.15, 0.2) is 36.4 Å². The second kappa shape index (κ2) is 8.59. The molecule has 0 aliphatic carbocycles. The number of anilines is 1. The van der Waals surface area contributed by atoms with E-state index < -0.39 is 10.9 Å². The number of hydrogen-bond donors (Lipinski definition) is 0. The van der Waals surface area contributed by atoms with Gasteiger partial charge in [-0.2, -0.15) is 0 Å². The molecule has 0 radical (unpaired) electrons. The summed E-state index contributed by atoms with van der Waals surface area (Å²) < 4.78 is 5.25.